The maximum atomic E-state index is 11.8. The van der Waals surface area contributed by atoms with Crippen molar-refractivity contribution in [2.45, 2.75) is 45.6 Å². The Labute approximate surface area is 121 Å². The molecule has 1 aliphatic heterocycles. The molecule has 1 amide bonds. The van der Waals surface area contributed by atoms with Gasteiger partial charge in [0.05, 0.1) is 6.42 Å². The first-order valence-electron chi connectivity index (χ1n) is 7.28. The summed E-state index contributed by atoms with van der Waals surface area (Å²) in [6.45, 7) is 6.93. The van der Waals surface area contributed by atoms with Crippen molar-refractivity contribution in [3.63, 3.8) is 0 Å². The number of carbonyl (C=O) groups is 1. The lowest BCUT2D eigenvalue weighted by atomic mass is 10.00. The molecule has 108 valence electrons. The summed E-state index contributed by atoms with van der Waals surface area (Å²) < 4.78 is 5.87. The van der Waals surface area contributed by atoms with Crippen LogP contribution in [0.5, 0.6) is 5.75 Å². The summed E-state index contributed by atoms with van der Waals surface area (Å²) in [6.07, 6.45) is 6.66. The maximum Gasteiger partial charge on any atom is 0.224 e. The second-order valence-electron chi connectivity index (χ2n) is 5.79. The molecule has 0 fully saturated rings. The van der Waals surface area contributed by atoms with E-state index in [2.05, 4.69) is 18.3 Å². The van der Waals surface area contributed by atoms with Gasteiger partial charge in [-0.15, -0.1) is 0 Å². The lowest BCUT2D eigenvalue weighted by molar-refractivity contribution is -0.120. The van der Waals surface area contributed by atoms with Gasteiger partial charge in [0.15, 0.2) is 0 Å². The molecule has 20 heavy (non-hydrogen) atoms. The standard InChI is InChI=1S/C17H23NO2/c1-4-5-10-18-16(19)12-13-6-7-15-14(11-13)8-9-17(2,3)20-15/h6-9,11H,4-5,10,12H2,1-3H3,(H,18,19). The minimum absolute atomic E-state index is 0.0828. The number of ether oxygens (including phenoxy) is 1. The largest absolute Gasteiger partial charge is 0.483 e. The molecule has 0 bridgehead atoms. The molecule has 0 aliphatic carbocycles. The predicted octanol–water partition coefficient (Wildman–Crippen LogP) is 3.33. The molecule has 0 saturated heterocycles. The Morgan fingerprint density at radius 2 is 2.15 bits per heavy atom. The Hall–Kier alpha value is -1.77. The van der Waals surface area contributed by atoms with Gasteiger partial charge in [0.25, 0.3) is 0 Å². The molecule has 0 atom stereocenters. The van der Waals surface area contributed by atoms with Crippen molar-refractivity contribution in [3.8, 4) is 5.75 Å². The average molecular weight is 273 g/mol. The van der Waals surface area contributed by atoms with Crippen molar-refractivity contribution in [2.75, 3.05) is 6.54 Å². The first-order valence-corrected chi connectivity index (χ1v) is 7.28. The van der Waals surface area contributed by atoms with E-state index in [0.717, 1.165) is 36.3 Å². The van der Waals surface area contributed by atoms with Gasteiger partial charge < -0.3 is 10.1 Å². The van der Waals surface area contributed by atoms with Crippen molar-refractivity contribution in [1.82, 2.24) is 5.32 Å². The lowest BCUT2D eigenvalue weighted by Gasteiger charge is -2.28. The molecule has 0 spiro atoms. The maximum absolute atomic E-state index is 11.8. The molecule has 1 aliphatic rings. The third kappa shape index (κ3) is 3.86. The average Bonchev–Trinajstić information content (AvgIpc) is 2.38. The van der Waals surface area contributed by atoms with E-state index in [1.807, 2.05) is 38.1 Å². The van der Waals surface area contributed by atoms with Crippen LogP contribution in [0.4, 0.5) is 0 Å². The lowest BCUT2D eigenvalue weighted by Crippen LogP contribution is -2.28. The molecule has 1 heterocycles. The number of unbranched alkanes of at least 4 members (excludes halogenated alkanes) is 1. The first-order chi connectivity index (χ1) is 9.50. The summed E-state index contributed by atoms with van der Waals surface area (Å²) in [5.41, 5.74) is 1.81. The zero-order chi connectivity index (χ0) is 14.6. The molecule has 0 radical (unpaired) electrons. The molecular weight excluding hydrogens is 250 g/mol. The minimum Gasteiger partial charge on any atom is -0.483 e. The summed E-state index contributed by atoms with van der Waals surface area (Å²) in [4.78, 5) is 11.8. The van der Waals surface area contributed by atoms with Gasteiger partial charge in [-0.25, -0.2) is 0 Å². The van der Waals surface area contributed by atoms with E-state index in [-0.39, 0.29) is 11.5 Å². The van der Waals surface area contributed by atoms with Crippen LogP contribution >= 0.6 is 0 Å². The molecule has 2 rings (SSSR count). The Kier molecular flexibility index (Phi) is 4.48. The minimum atomic E-state index is -0.258. The van der Waals surface area contributed by atoms with Crippen LogP contribution in [0.15, 0.2) is 24.3 Å². The smallest absolute Gasteiger partial charge is 0.224 e. The number of hydrogen-bond donors (Lipinski definition) is 1. The molecule has 1 aromatic rings. The van der Waals surface area contributed by atoms with E-state index in [4.69, 9.17) is 4.74 Å². The van der Waals surface area contributed by atoms with Gasteiger partial charge in [-0.3, -0.25) is 4.79 Å². The zero-order valence-electron chi connectivity index (χ0n) is 12.5. The Bertz CT molecular complexity index is 518. The summed E-state index contributed by atoms with van der Waals surface area (Å²) in [7, 11) is 0. The van der Waals surface area contributed by atoms with E-state index in [0.29, 0.717) is 6.42 Å². The summed E-state index contributed by atoms with van der Waals surface area (Å²) >= 11 is 0. The van der Waals surface area contributed by atoms with Crippen LogP contribution in [-0.4, -0.2) is 18.1 Å². The van der Waals surface area contributed by atoms with Crippen LogP contribution in [0.1, 0.15) is 44.7 Å². The number of carbonyl (C=O) groups excluding carboxylic acids is 1. The van der Waals surface area contributed by atoms with Crippen molar-refractivity contribution >= 4 is 12.0 Å². The zero-order valence-corrected chi connectivity index (χ0v) is 12.5. The summed E-state index contributed by atoms with van der Waals surface area (Å²) in [6, 6.07) is 5.95. The highest BCUT2D eigenvalue weighted by molar-refractivity contribution is 5.79. The summed E-state index contributed by atoms with van der Waals surface area (Å²) in [5, 5.41) is 2.94. The molecule has 3 nitrogen and oxygen atoms in total. The molecule has 3 heteroatoms. The van der Waals surface area contributed by atoms with E-state index < -0.39 is 0 Å². The van der Waals surface area contributed by atoms with Crippen molar-refractivity contribution in [1.29, 1.82) is 0 Å². The van der Waals surface area contributed by atoms with E-state index >= 15 is 0 Å². The van der Waals surface area contributed by atoms with Crippen LogP contribution in [-0.2, 0) is 11.2 Å². The van der Waals surface area contributed by atoms with Crippen LogP contribution in [0.2, 0.25) is 0 Å². The quantitative estimate of drug-likeness (QED) is 0.836. The van der Waals surface area contributed by atoms with Crippen molar-refractivity contribution in [2.24, 2.45) is 0 Å². The first kappa shape index (κ1) is 14.6. The molecular formula is C17H23NO2. The SMILES string of the molecule is CCCCNC(=O)Cc1ccc2c(c1)C=CC(C)(C)O2. The molecule has 0 aromatic heterocycles. The van der Waals surface area contributed by atoms with Gasteiger partial charge in [0, 0.05) is 12.1 Å². The van der Waals surface area contributed by atoms with Gasteiger partial charge >= 0.3 is 0 Å². The highest BCUT2D eigenvalue weighted by Gasteiger charge is 2.21. The fraction of sp³-hybridized carbons (Fsp3) is 0.471. The fourth-order valence-electron chi connectivity index (χ4n) is 2.19. The highest BCUT2D eigenvalue weighted by Crippen LogP contribution is 2.31. The summed E-state index contributed by atoms with van der Waals surface area (Å²) in [5.74, 6) is 0.965. The van der Waals surface area contributed by atoms with E-state index in [9.17, 15) is 4.79 Å². The van der Waals surface area contributed by atoms with Gasteiger partial charge in [-0.05, 0) is 44.0 Å². The Balaban J connectivity index is 2.00. The van der Waals surface area contributed by atoms with Gasteiger partial charge in [0.1, 0.15) is 11.4 Å². The number of rotatable bonds is 5. The van der Waals surface area contributed by atoms with E-state index in [1.54, 1.807) is 0 Å². The van der Waals surface area contributed by atoms with Crippen LogP contribution in [0.3, 0.4) is 0 Å². The second kappa shape index (κ2) is 6.12. The number of fused-ring (bicyclic) bond motifs is 1. The molecule has 0 saturated carbocycles. The highest BCUT2D eigenvalue weighted by atomic mass is 16.5. The topological polar surface area (TPSA) is 38.3 Å². The van der Waals surface area contributed by atoms with Crippen LogP contribution in [0, 0.1) is 0 Å². The Morgan fingerprint density at radius 1 is 1.35 bits per heavy atom. The second-order valence-corrected chi connectivity index (χ2v) is 5.79. The Morgan fingerprint density at radius 3 is 2.90 bits per heavy atom. The number of benzene rings is 1. The monoisotopic (exact) mass is 273 g/mol. The fourth-order valence-corrected chi connectivity index (χ4v) is 2.19. The predicted molar refractivity (Wildman–Crippen MR) is 81.8 cm³/mol. The van der Waals surface area contributed by atoms with Crippen LogP contribution in [0.25, 0.3) is 6.08 Å². The van der Waals surface area contributed by atoms with Gasteiger partial charge in [-0.1, -0.05) is 25.5 Å². The number of nitrogens with one attached hydrogen (secondary N) is 1. The molecule has 0 unspecified atom stereocenters. The van der Waals surface area contributed by atoms with Crippen molar-refractivity contribution < 1.29 is 9.53 Å². The normalized spacial score (nSPS) is 15.3. The van der Waals surface area contributed by atoms with Crippen molar-refractivity contribution in [3.05, 3.63) is 35.4 Å². The van der Waals surface area contributed by atoms with E-state index in [1.165, 1.54) is 0 Å². The third-order valence-corrected chi connectivity index (χ3v) is 3.33. The third-order valence-electron chi connectivity index (χ3n) is 3.33. The molecule has 1 N–H and O–H groups in total. The van der Waals surface area contributed by atoms with Gasteiger partial charge in [-0.2, -0.15) is 0 Å². The number of amides is 1. The van der Waals surface area contributed by atoms with Crippen LogP contribution < -0.4 is 10.1 Å². The number of hydrogen-bond acceptors (Lipinski definition) is 2. The molecule has 1 aromatic carbocycles. The van der Waals surface area contributed by atoms with Gasteiger partial charge in [0.2, 0.25) is 5.91 Å².